The van der Waals surface area contributed by atoms with Crippen LogP contribution in [0.4, 0.5) is 11.4 Å². The zero-order chi connectivity index (χ0) is 27.4. The third kappa shape index (κ3) is 5.37. The van der Waals surface area contributed by atoms with Gasteiger partial charge in [0.1, 0.15) is 35.4 Å². The van der Waals surface area contributed by atoms with E-state index in [1.807, 2.05) is 48.5 Å². The van der Waals surface area contributed by atoms with E-state index in [1.54, 1.807) is 46.6 Å². The predicted octanol–water partition coefficient (Wildman–Crippen LogP) is 9.02. The van der Waals surface area contributed by atoms with E-state index >= 15 is 0 Å². The van der Waals surface area contributed by atoms with Crippen molar-refractivity contribution in [3.05, 3.63) is 81.6 Å². The van der Waals surface area contributed by atoms with Crippen molar-refractivity contribution in [2.75, 3.05) is 11.4 Å². The van der Waals surface area contributed by atoms with Gasteiger partial charge >= 0.3 is 0 Å². The second kappa shape index (κ2) is 11.4. The summed E-state index contributed by atoms with van der Waals surface area (Å²) in [5, 5.41) is 36.3. The summed E-state index contributed by atoms with van der Waals surface area (Å²) in [6, 6.07) is 28.6. The molecule has 0 unspecified atom stereocenters. The summed E-state index contributed by atoms with van der Waals surface area (Å²) >= 11 is 4.86. The molecule has 0 radical (unpaired) electrons. The van der Waals surface area contributed by atoms with Crippen molar-refractivity contribution in [2.24, 2.45) is 0 Å². The summed E-state index contributed by atoms with van der Waals surface area (Å²) in [4.78, 5) is 8.62. The number of fused-ring (bicyclic) bond motifs is 2. The van der Waals surface area contributed by atoms with Crippen molar-refractivity contribution >= 4 is 58.0 Å². The fourth-order valence-corrected chi connectivity index (χ4v) is 7.36. The van der Waals surface area contributed by atoms with Crippen molar-refractivity contribution in [1.82, 2.24) is 0 Å². The first-order valence-corrected chi connectivity index (χ1v) is 14.5. The van der Waals surface area contributed by atoms with Crippen molar-refractivity contribution in [3.8, 4) is 45.2 Å². The van der Waals surface area contributed by atoms with E-state index in [2.05, 4.69) is 48.2 Å². The molecule has 8 heteroatoms. The highest BCUT2D eigenvalue weighted by Gasteiger charge is 2.24. The largest absolute Gasteiger partial charge is 0.340 e. The van der Waals surface area contributed by atoms with Gasteiger partial charge in [-0.2, -0.15) is 21.0 Å². The van der Waals surface area contributed by atoms with Crippen molar-refractivity contribution in [2.45, 2.75) is 23.1 Å². The highest BCUT2D eigenvalue weighted by Crippen LogP contribution is 2.51. The van der Waals surface area contributed by atoms with Gasteiger partial charge in [-0.1, -0.05) is 30.8 Å². The Morgan fingerprint density at radius 3 is 1.56 bits per heavy atom. The Morgan fingerprint density at radius 2 is 1.15 bits per heavy atom. The maximum Gasteiger partial charge on any atom is 0.131 e. The van der Waals surface area contributed by atoms with Gasteiger partial charge in [0, 0.05) is 35.8 Å². The van der Waals surface area contributed by atoms with Crippen LogP contribution in [0.25, 0.3) is 33.0 Å². The molecular weight excluding hydrogens is 539 g/mol. The minimum Gasteiger partial charge on any atom is -0.340 e. The molecule has 39 heavy (non-hydrogen) atoms. The smallest absolute Gasteiger partial charge is 0.131 e. The molecule has 5 nitrogen and oxygen atoms in total. The number of rotatable bonds is 6. The van der Waals surface area contributed by atoms with Gasteiger partial charge < -0.3 is 4.90 Å². The molecule has 0 aliphatic carbocycles. The lowest BCUT2D eigenvalue weighted by Gasteiger charge is -2.33. The summed E-state index contributed by atoms with van der Waals surface area (Å²) in [7, 11) is 0. The zero-order valence-electron chi connectivity index (χ0n) is 20.8. The van der Waals surface area contributed by atoms with Crippen LogP contribution < -0.4 is 4.90 Å². The van der Waals surface area contributed by atoms with Gasteiger partial charge in [-0.05, 0) is 78.2 Å². The molecule has 2 aromatic heterocycles. The van der Waals surface area contributed by atoms with Crippen LogP contribution in [0.3, 0.4) is 0 Å². The maximum absolute atomic E-state index is 9.07. The Kier molecular flexibility index (Phi) is 7.64. The lowest BCUT2D eigenvalue weighted by molar-refractivity contribution is 0.866. The molecule has 3 heterocycles. The molecule has 0 fully saturated rings. The highest BCUT2D eigenvalue weighted by molar-refractivity contribution is 7.99. The molecule has 1 aliphatic heterocycles. The monoisotopic (exact) mass is 557 g/mol. The minimum atomic E-state index is 0.0940. The quantitative estimate of drug-likeness (QED) is 0.219. The van der Waals surface area contributed by atoms with Gasteiger partial charge in [0.15, 0.2) is 0 Å². The summed E-state index contributed by atoms with van der Waals surface area (Å²) in [5.41, 5.74) is 4.74. The molecule has 1 aliphatic rings. The van der Waals surface area contributed by atoms with E-state index in [-0.39, 0.29) is 11.1 Å². The van der Waals surface area contributed by atoms with Gasteiger partial charge in [-0.25, -0.2) is 0 Å². The molecule has 4 aromatic rings. The number of nitriles is 4. The molecule has 0 saturated heterocycles. The number of benzene rings is 2. The SMILES string of the molecule is CCCN1c2ccc(-c3ccc(C=C(C#N)C#N)s3)cc2Sc2cc(-c3ccc(C=C(C#N)C#N)s3)ccc21. The van der Waals surface area contributed by atoms with Gasteiger partial charge in [0.2, 0.25) is 0 Å². The van der Waals surface area contributed by atoms with E-state index < -0.39 is 0 Å². The first-order chi connectivity index (χ1) is 19.1. The number of hydrogen-bond donors (Lipinski definition) is 0. The minimum absolute atomic E-state index is 0.0940. The van der Waals surface area contributed by atoms with E-state index in [0.717, 1.165) is 43.6 Å². The number of hydrogen-bond acceptors (Lipinski definition) is 8. The lowest BCUT2D eigenvalue weighted by atomic mass is 10.1. The summed E-state index contributed by atoms with van der Waals surface area (Å²) < 4.78 is 0. The fraction of sp³-hybridized carbons (Fsp3) is 0.0968. The van der Waals surface area contributed by atoms with E-state index in [4.69, 9.17) is 21.0 Å². The average Bonchev–Trinajstić information content (AvgIpc) is 3.64. The number of thiophene rings is 2. The number of nitrogens with zero attached hydrogens (tertiary/aromatic N) is 5. The molecule has 2 aromatic carbocycles. The fourth-order valence-electron chi connectivity index (χ4n) is 4.29. The van der Waals surface area contributed by atoms with Gasteiger partial charge in [-0.15, -0.1) is 22.7 Å². The average molecular weight is 558 g/mol. The van der Waals surface area contributed by atoms with Gasteiger partial charge in [0.05, 0.1) is 11.4 Å². The highest BCUT2D eigenvalue weighted by atomic mass is 32.2. The lowest BCUT2D eigenvalue weighted by Crippen LogP contribution is -2.21. The van der Waals surface area contributed by atoms with Crippen LogP contribution in [0.5, 0.6) is 0 Å². The molecule has 0 atom stereocenters. The van der Waals surface area contributed by atoms with E-state index in [0.29, 0.717) is 0 Å². The normalized spacial score (nSPS) is 11.2. The Morgan fingerprint density at radius 1 is 0.692 bits per heavy atom. The summed E-state index contributed by atoms with van der Waals surface area (Å²) in [6.07, 6.45) is 4.25. The molecular formula is C31H19N5S3. The third-order valence-corrected chi connectivity index (χ3v) is 9.30. The summed E-state index contributed by atoms with van der Waals surface area (Å²) in [6.45, 7) is 3.08. The first-order valence-electron chi connectivity index (χ1n) is 12.0. The Balaban J connectivity index is 1.49. The molecule has 0 bridgehead atoms. The second-order valence-corrected chi connectivity index (χ2v) is 11.9. The third-order valence-electron chi connectivity index (χ3n) is 6.05. The van der Waals surface area contributed by atoms with Crippen LogP contribution in [-0.2, 0) is 0 Å². The number of allylic oxidation sites excluding steroid dienone is 2. The Labute approximate surface area is 239 Å². The second-order valence-electron chi connectivity index (χ2n) is 8.59. The van der Waals surface area contributed by atoms with Crippen LogP contribution in [0.15, 0.2) is 81.6 Å². The first kappa shape index (κ1) is 26.1. The molecule has 5 rings (SSSR count). The molecule has 186 valence electrons. The van der Waals surface area contributed by atoms with Crippen LogP contribution in [-0.4, -0.2) is 6.54 Å². The Bertz CT molecular complexity index is 1650. The summed E-state index contributed by atoms with van der Waals surface area (Å²) in [5.74, 6) is 0. The molecule has 0 amide bonds. The van der Waals surface area contributed by atoms with Gasteiger partial charge in [-0.3, -0.25) is 0 Å². The van der Waals surface area contributed by atoms with Crippen LogP contribution in [0.1, 0.15) is 23.1 Å². The van der Waals surface area contributed by atoms with Crippen LogP contribution in [0.2, 0.25) is 0 Å². The van der Waals surface area contributed by atoms with E-state index in [9.17, 15) is 0 Å². The number of anilines is 2. The van der Waals surface area contributed by atoms with Crippen molar-refractivity contribution in [1.29, 1.82) is 21.0 Å². The van der Waals surface area contributed by atoms with E-state index in [1.165, 1.54) is 21.2 Å². The maximum atomic E-state index is 9.07. The topological polar surface area (TPSA) is 98.4 Å². The molecule has 0 N–H and O–H groups in total. The van der Waals surface area contributed by atoms with Crippen LogP contribution >= 0.6 is 34.4 Å². The Hall–Kier alpha value is -4.57. The van der Waals surface area contributed by atoms with Crippen molar-refractivity contribution < 1.29 is 0 Å². The van der Waals surface area contributed by atoms with Gasteiger partial charge in [0.25, 0.3) is 0 Å². The van der Waals surface area contributed by atoms with Crippen LogP contribution in [0, 0.1) is 45.3 Å². The standard InChI is InChI=1S/C31H19N5S3/c1-2-11-36-26-7-3-22(28-9-5-24(37-28)12-20(16-32)17-33)14-30(26)39-31-15-23(4-8-27(31)36)29-10-6-25(38-29)13-21(18-34)19-35/h3-10,12-15H,2,11H2,1H3. The predicted molar refractivity (Wildman–Crippen MR) is 159 cm³/mol. The molecule has 0 saturated carbocycles. The molecule has 0 spiro atoms. The van der Waals surface area contributed by atoms with Crippen molar-refractivity contribution in [3.63, 3.8) is 0 Å². The zero-order valence-corrected chi connectivity index (χ0v) is 23.3.